The number of imidazole rings is 1. The highest BCUT2D eigenvalue weighted by Crippen LogP contribution is 2.22. The van der Waals surface area contributed by atoms with E-state index >= 15 is 0 Å². The van der Waals surface area contributed by atoms with Crippen LogP contribution in [0.4, 0.5) is 0 Å². The first-order chi connectivity index (χ1) is 15.9. The number of H-pyrrole nitrogens is 1. The topological polar surface area (TPSA) is 72.8 Å². The number of rotatable bonds is 5. The number of ether oxygens (including phenoxy) is 1. The van der Waals surface area contributed by atoms with Crippen LogP contribution in [0.5, 0.6) is 5.75 Å². The molecule has 132 valence electrons. The molecular formula is C19H18N4O2S. The van der Waals surface area contributed by atoms with E-state index in [2.05, 4.69) is 9.97 Å². The van der Waals surface area contributed by atoms with E-state index in [1.807, 2.05) is 12.1 Å². The maximum absolute atomic E-state index is 13.4. The molecule has 0 spiro atoms. The van der Waals surface area contributed by atoms with Crippen molar-refractivity contribution >= 4 is 21.8 Å². The Bertz CT molecular complexity index is 1420. The highest BCUT2D eigenvalue weighted by Gasteiger charge is 2.15. The lowest BCUT2D eigenvalue weighted by molar-refractivity contribution is 0.410. The van der Waals surface area contributed by atoms with Crippen LogP contribution in [0.15, 0.2) is 60.1 Å². The summed E-state index contributed by atoms with van der Waals surface area (Å²) in [7, 11) is -1.64. The van der Waals surface area contributed by atoms with Gasteiger partial charge in [0.2, 0.25) is 0 Å². The lowest BCUT2D eigenvalue weighted by Gasteiger charge is -2.08. The summed E-state index contributed by atoms with van der Waals surface area (Å²) in [5.41, 5.74) is -3.30. The standard InChI is InChI=1S/C19H18N4O2S/c1-13-17(20-8-7-18(13)25-2)12-26(24)19-21-15-6-5-14(11-16(15)22-19)23-9-3-4-10-23/h3-11H,12H2,1-2H3,(H,21,22)/i1D3,7D,8D,12D2/hD. The number of hydrogen-bond donors (Lipinski definition) is 1. The zero-order chi connectivity index (χ0) is 25.0. The largest absolute Gasteiger partial charge is 0.496 e. The van der Waals surface area contributed by atoms with Crippen molar-refractivity contribution in [3.63, 3.8) is 0 Å². The van der Waals surface area contributed by atoms with Crippen molar-refractivity contribution in [2.24, 2.45) is 0 Å². The third kappa shape index (κ3) is 3.01. The minimum Gasteiger partial charge on any atom is -0.496 e. The second kappa shape index (κ2) is 6.76. The van der Waals surface area contributed by atoms with E-state index in [-0.39, 0.29) is 11.0 Å². The summed E-state index contributed by atoms with van der Waals surface area (Å²) in [6.07, 6.45) is 2.87. The molecule has 4 rings (SSSR count). The molecule has 1 N–H and O–H groups in total. The number of hydrogen-bond acceptors (Lipinski definition) is 4. The van der Waals surface area contributed by atoms with Crippen LogP contribution < -0.4 is 4.74 Å². The van der Waals surface area contributed by atoms with Crippen molar-refractivity contribution in [2.75, 3.05) is 7.11 Å². The molecule has 3 aromatic heterocycles. The van der Waals surface area contributed by atoms with Crippen molar-refractivity contribution in [1.82, 2.24) is 19.5 Å². The molecular weight excluding hydrogens is 348 g/mol. The quantitative estimate of drug-likeness (QED) is 0.581. The van der Waals surface area contributed by atoms with E-state index in [0.29, 0.717) is 0 Å². The third-order valence-corrected chi connectivity index (χ3v) is 4.55. The molecule has 1 unspecified atom stereocenters. The molecule has 0 bridgehead atoms. The molecule has 0 amide bonds. The minimum atomic E-state index is -2.98. The molecule has 0 aliphatic carbocycles. The first kappa shape index (κ1) is 9.68. The number of fused-ring (bicyclic) bond motifs is 1. The fourth-order valence-corrected chi connectivity index (χ4v) is 3.18. The van der Waals surface area contributed by atoms with E-state index in [9.17, 15) is 4.21 Å². The molecule has 1 aromatic carbocycles. The van der Waals surface area contributed by atoms with Crippen molar-refractivity contribution in [1.29, 1.82) is 0 Å². The second-order valence-electron chi connectivity index (χ2n) is 5.25. The highest BCUT2D eigenvalue weighted by molar-refractivity contribution is 7.84. The average molecular weight is 374 g/mol. The Hall–Kier alpha value is -2.93. The van der Waals surface area contributed by atoms with Gasteiger partial charge in [-0.3, -0.25) is 9.19 Å². The number of benzene rings is 1. The number of pyridine rings is 1. The Balaban J connectivity index is 1.88. The van der Waals surface area contributed by atoms with Crippen molar-refractivity contribution in [3.05, 3.63) is 66.2 Å². The number of aromatic amines is 1. The van der Waals surface area contributed by atoms with Crippen LogP contribution in [0.1, 0.15) is 20.9 Å². The second-order valence-corrected chi connectivity index (χ2v) is 6.35. The van der Waals surface area contributed by atoms with Crippen LogP contribution in [0.3, 0.4) is 0 Å². The lowest BCUT2D eigenvalue weighted by Crippen LogP contribution is -2.03. The van der Waals surface area contributed by atoms with E-state index in [4.69, 9.17) is 15.7 Å². The number of aromatic nitrogens is 4. The van der Waals surface area contributed by atoms with Gasteiger partial charge in [-0.1, -0.05) is 0 Å². The third-order valence-electron chi connectivity index (χ3n) is 3.65. The van der Waals surface area contributed by atoms with Gasteiger partial charge in [0.1, 0.15) is 5.75 Å². The van der Waals surface area contributed by atoms with Gasteiger partial charge in [0.25, 0.3) is 0 Å². The maximum atomic E-state index is 13.4. The van der Waals surface area contributed by atoms with Crippen molar-refractivity contribution in [2.45, 2.75) is 17.7 Å². The van der Waals surface area contributed by atoms with Gasteiger partial charge in [-0.15, -0.1) is 0 Å². The molecule has 3 heterocycles. The van der Waals surface area contributed by atoms with Gasteiger partial charge >= 0.3 is 0 Å². The molecule has 0 saturated carbocycles. The summed E-state index contributed by atoms with van der Waals surface area (Å²) in [6, 6.07) is 7.96. The normalized spacial score (nSPS) is 17.9. The molecule has 1 atom stereocenters. The summed E-state index contributed by atoms with van der Waals surface area (Å²) in [5, 5.41) is -0.469. The van der Waals surface area contributed by atoms with Gasteiger partial charge in [0.05, 0.1) is 43.1 Å². The van der Waals surface area contributed by atoms with E-state index in [0.717, 1.165) is 17.8 Å². The van der Waals surface area contributed by atoms with Crippen LogP contribution in [-0.2, 0) is 16.5 Å². The fourth-order valence-electron chi connectivity index (χ4n) is 2.40. The van der Waals surface area contributed by atoms with Gasteiger partial charge in [-0.2, -0.15) is 0 Å². The first-order valence-electron chi connectivity index (χ1n) is 11.5. The van der Waals surface area contributed by atoms with E-state index < -0.39 is 57.7 Å². The molecule has 7 heteroatoms. The Morgan fingerprint density at radius 1 is 1.46 bits per heavy atom. The smallest absolute Gasteiger partial charge is 0.197 e. The van der Waals surface area contributed by atoms with Gasteiger partial charge in [0, 0.05) is 36.7 Å². The minimum absolute atomic E-state index is 0.263. The monoisotopic (exact) mass is 374 g/mol. The number of nitrogens with one attached hydrogen (secondary N) is 1. The molecule has 0 saturated heterocycles. The zero-order valence-electron chi connectivity index (χ0n) is 21.6. The predicted octanol–water partition coefficient (Wildman–Crippen LogP) is 3.37. The Kier molecular flexibility index (Phi) is 2.52. The van der Waals surface area contributed by atoms with Crippen LogP contribution in [0, 0.1) is 6.85 Å². The molecule has 26 heavy (non-hydrogen) atoms. The van der Waals surface area contributed by atoms with Crippen LogP contribution in [-0.4, -0.2) is 30.8 Å². The van der Waals surface area contributed by atoms with Gasteiger partial charge in [-0.25, -0.2) is 4.98 Å². The Morgan fingerprint density at radius 2 is 2.31 bits per heavy atom. The zero-order valence-corrected chi connectivity index (χ0v) is 14.4. The van der Waals surface area contributed by atoms with E-state index in [1.54, 1.807) is 35.2 Å². The van der Waals surface area contributed by atoms with Crippen LogP contribution in [0.25, 0.3) is 16.7 Å². The fraction of sp³-hybridized carbons (Fsp3) is 0.158. The molecule has 6 nitrogen and oxygen atoms in total. The average Bonchev–Trinajstić information content (AvgIpc) is 3.42. The molecule has 0 aliphatic rings. The molecule has 0 aliphatic heterocycles. The summed E-state index contributed by atoms with van der Waals surface area (Å²) < 4.78 is 84.8. The summed E-state index contributed by atoms with van der Waals surface area (Å²) in [6.45, 7) is -2.98. The Morgan fingerprint density at radius 3 is 3.08 bits per heavy atom. The van der Waals surface area contributed by atoms with Crippen LogP contribution >= 0.6 is 0 Å². The number of methoxy groups -OCH3 is 1. The van der Waals surface area contributed by atoms with Crippen molar-refractivity contribution in [3.8, 4) is 11.4 Å². The lowest BCUT2D eigenvalue weighted by atomic mass is 10.2. The number of nitrogens with zero attached hydrogens (tertiary/aromatic N) is 3. The van der Waals surface area contributed by atoms with Gasteiger partial charge in [0.15, 0.2) is 6.57 Å². The first-order valence-corrected chi connectivity index (χ1v) is 8.66. The predicted molar refractivity (Wildman–Crippen MR) is 101 cm³/mol. The van der Waals surface area contributed by atoms with Gasteiger partial charge in [-0.05, 0) is 43.2 Å². The molecule has 0 fully saturated rings. The molecule has 4 aromatic rings. The maximum Gasteiger partial charge on any atom is 0.197 e. The summed E-state index contributed by atoms with van der Waals surface area (Å²) in [4.78, 5) is 8.57. The highest BCUT2D eigenvalue weighted by atomic mass is 32.2. The summed E-state index contributed by atoms with van der Waals surface area (Å²) >= 11 is 0. The van der Waals surface area contributed by atoms with E-state index in [1.165, 1.54) is 0 Å². The Labute approximate surface area is 164 Å². The van der Waals surface area contributed by atoms with Crippen molar-refractivity contribution < 1.29 is 20.0 Å². The van der Waals surface area contributed by atoms with Gasteiger partial charge < -0.3 is 14.3 Å². The molecule has 0 radical (unpaired) electrons. The summed E-state index contributed by atoms with van der Waals surface area (Å²) in [5.74, 6) is -0.549. The SMILES string of the molecule is [2H]c1nc(C([2H])([2H])S(=O)c2nc3cc(-n4cccc4)ccc3n2[2H])c(C([2H])([2H])[2H])c(OC)c1[2H]. The van der Waals surface area contributed by atoms with Crippen LogP contribution in [0.2, 0.25) is 1.41 Å².